The molecule has 0 amide bonds. The third-order valence-electron chi connectivity index (χ3n) is 2.00. The van der Waals surface area contributed by atoms with E-state index in [1.807, 2.05) is 6.08 Å². The van der Waals surface area contributed by atoms with Crippen LogP contribution in [0.2, 0.25) is 0 Å². The van der Waals surface area contributed by atoms with Gasteiger partial charge in [0.1, 0.15) is 0 Å². The summed E-state index contributed by atoms with van der Waals surface area (Å²) < 4.78 is 0. The van der Waals surface area contributed by atoms with Crippen LogP contribution < -0.4 is 0 Å². The molecule has 0 nitrogen and oxygen atoms in total. The van der Waals surface area contributed by atoms with Crippen LogP contribution in [0.1, 0.15) is 27.2 Å². The summed E-state index contributed by atoms with van der Waals surface area (Å²) in [6, 6.07) is 0. The third kappa shape index (κ3) is 2.37. The normalized spacial score (nSPS) is 25.1. The van der Waals surface area contributed by atoms with Crippen LogP contribution in [0.4, 0.5) is 0 Å². The van der Waals surface area contributed by atoms with Crippen LogP contribution in [0.25, 0.3) is 0 Å². The van der Waals surface area contributed by atoms with E-state index >= 15 is 0 Å². The SMILES string of the molecule is CC(C)(C)C1=CC=CC(Cl)C1. The molecule has 11 heavy (non-hydrogen) atoms. The summed E-state index contributed by atoms with van der Waals surface area (Å²) in [5, 5.41) is 0.203. The minimum atomic E-state index is 0.203. The molecule has 62 valence electrons. The Labute approximate surface area is 73.9 Å². The predicted octanol–water partition coefficient (Wildman–Crippen LogP) is 3.53. The maximum Gasteiger partial charge on any atom is 0.0556 e. The summed E-state index contributed by atoms with van der Waals surface area (Å²) in [5.41, 5.74) is 1.72. The van der Waals surface area contributed by atoms with E-state index < -0.39 is 0 Å². The van der Waals surface area contributed by atoms with Crippen molar-refractivity contribution in [3.8, 4) is 0 Å². The predicted molar refractivity (Wildman–Crippen MR) is 50.9 cm³/mol. The highest BCUT2D eigenvalue weighted by Crippen LogP contribution is 2.32. The number of hydrogen-bond donors (Lipinski definition) is 0. The Morgan fingerprint density at radius 2 is 2.09 bits per heavy atom. The van der Waals surface area contributed by atoms with Crippen molar-refractivity contribution in [2.45, 2.75) is 32.6 Å². The van der Waals surface area contributed by atoms with Gasteiger partial charge in [-0.3, -0.25) is 0 Å². The summed E-state index contributed by atoms with van der Waals surface area (Å²) in [6.45, 7) is 6.67. The Hall–Kier alpha value is -0.230. The molecule has 1 unspecified atom stereocenters. The molecular formula is C10H15Cl. The van der Waals surface area contributed by atoms with Gasteiger partial charge in [0.15, 0.2) is 0 Å². The fraction of sp³-hybridized carbons (Fsp3) is 0.600. The maximum atomic E-state index is 5.99. The molecule has 0 aliphatic heterocycles. The van der Waals surface area contributed by atoms with Crippen molar-refractivity contribution in [2.75, 3.05) is 0 Å². The average molecular weight is 171 g/mol. The van der Waals surface area contributed by atoms with Gasteiger partial charge >= 0.3 is 0 Å². The van der Waals surface area contributed by atoms with Crippen molar-refractivity contribution in [3.05, 3.63) is 23.8 Å². The Balaban J connectivity index is 2.75. The van der Waals surface area contributed by atoms with Gasteiger partial charge in [-0.25, -0.2) is 0 Å². The molecular weight excluding hydrogens is 156 g/mol. The van der Waals surface area contributed by atoms with Gasteiger partial charge in [-0.2, -0.15) is 0 Å². The quantitative estimate of drug-likeness (QED) is 0.488. The van der Waals surface area contributed by atoms with Crippen molar-refractivity contribution in [1.29, 1.82) is 0 Å². The molecule has 1 aliphatic carbocycles. The fourth-order valence-corrected chi connectivity index (χ4v) is 1.44. The van der Waals surface area contributed by atoms with Crippen LogP contribution >= 0.6 is 11.6 Å². The van der Waals surface area contributed by atoms with Gasteiger partial charge in [0.25, 0.3) is 0 Å². The first-order valence-electron chi connectivity index (χ1n) is 4.02. The number of rotatable bonds is 0. The summed E-state index contributed by atoms with van der Waals surface area (Å²) in [7, 11) is 0. The van der Waals surface area contributed by atoms with Crippen LogP contribution in [-0.4, -0.2) is 5.38 Å². The van der Waals surface area contributed by atoms with E-state index in [0.29, 0.717) is 0 Å². The van der Waals surface area contributed by atoms with E-state index in [1.165, 1.54) is 5.57 Å². The first-order valence-corrected chi connectivity index (χ1v) is 4.46. The Morgan fingerprint density at radius 3 is 2.45 bits per heavy atom. The second-order valence-corrected chi connectivity index (χ2v) is 4.61. The highest BCUT2D eigenvalue weighted by molar-refractivity contribution is 6.22. The van der Waals surface area contributed by atoms with Crippen molar-refractivity contribution in [1.82, 2.24) is 0 Å². The zero-order valence-corrected chi connectivity index (χ0v) is 8.15. The molecule has 0 N–H and O–H groups in total. The van der Waals surface area contributed by atoms with Gasteiger partial charge in [-0.1, -0.05) is 44.6 Å². The molecule has 1 atom stereocenters. The molecule has 0 saturated heterocycles. The molecule has 0 aromatic carbocycles. The smallest absolute Gasteiger partial charge is 0.0556 e. The molecule has 1 rings (SSSR count). The van der Waals surface area contributed by atoms with Gasteiger partial charge in [0, 0.05) is 0 Å². The molecule has 0 aromatic heterocycles. The van der Waals surface area contributed by atoms with Crippen molar-refractivity contribution in [3.63, 3.8) is 0 Å². The highest BCUT2D eigenvalue weighted by Gasteiger charge is 2.19. The van der Waals surface area contributed by atoms with E-state index in [-0.39, 0.29) is 10.8 Å². The van der Waals surface area contributed by atoms with Crippen LogP contribution in [0, 0.1) is 5.41 Å². The molecule has 1 heteroatoms. The standard InChI is InChI=1S/C10H15Cl/c1-10(2,3)8-5-4-6-9(11)7-8/h4-6,9H,7H2,1-3H3. The first kappa shape index (κ1) is 8.86. The lowest BCUT2D eigenvalue weighted by molar-refractivity contribution is 0.482. The molecule has 0 bridgehead atoms. The van der Waals surface area contributed by atoms with E-state index in [4.69, 9.17) is 11.6 Å². The molecule has 0 saturated carbocycles. The first-order chi connectivity index (χ1) is 5.00. The third-order valence-corrected chi connectivity index (χ3v) is 2.30. The second-order valence-electron chi connectivity index (χ2n) is 4.05. The molecule has 0 aromatic rings. The maximum absolute atomic E-state index is 5.99. The number of alkyl halides is 1. The molecule has 0 spiro atoms. The number of halogens is 1. The van der Waals surface area contributed by atoms with E-state index in [0.717, 1.165) is 6.42 Å². The zero-order chi connectivity index (χ0) is 8.48. The van der Waals surface area contributed by atoms with Crippen LogP contribution in [-0.2, 0) is 0 Å². The van der Waals surface area contributed by atoms with Gasteiger partial charge in [0.2, 0.25) is 0 Å². The van der Waals surface area contributed by atoms with E-state index in [9.17, 15) is 0 Å². The summed E-state index contributed by atoms with van der Waals surface area (Å²) in [5.74, 6) is 0. The summed E-state index contributed by atoms with van der Waals surface area (Å²) in [6.07, 6.45) is 7.28. The second kappa shape index (κ2) is 3.02. The van der Waals surface area contributed by atoms with Crippen LogP contribution in [0.5, 0.6) is 0 Å². The number of hydrogen-bond acceptors (Lipinski definition) is 0. The lowest BCUT2D eigenvalue weighted by atomic mass is 9.82. The fourth-order valence-electron chi connectivity index (χ4n) is 1.19. The van der Waals surface area contributed by atoms with Crippen LogP contribution in [0.3, 0.4) is 0 Å². The van der Waals surface area contributed by atoms with E-state index in [1.54, 1.807) is 0 Å². The lowest BCUT2D eigenvalue weighted by Crippen LogP contribution is -2.14. The molecule has 1 aliphatic rings. The van der Waals surface area contributed by atoms with Gasteiger partial charge in [0.05, 0.1) is 5.38 Å². The Kier molecular flexibility index (Phi) is 2.43. The zero-order valence-electron chi connectivity index (χ0n) is 7.39. The highest BCUT2D eigenvalue weighted by atomic mass is 35.5. The Morgan fingerprint density at radius 1 is 1.45 bits per heavy atom. The largest absolute Gasteiger partial charge is 0.118 e. The summed E-state index contributed by atoms with van der Waals surface area (Å²) >= 11 is 5.99. The molecule has 0 radical (unpaired) electrons. The minimum absolute atomic E-state index is 0.203. The average Bonchev–Trinajstić information content (AvgIpc) is 1.86. The van der Waals surface area contributed by atoms with Gasteiger partial charge in [-0.15, -0.1) is 11.6 Å². The van der Waals surface area contributed by atoms with Crippen LogP contribution in [0.15, 0.2) is 23.8 Å². The van der Waals surface area contributed by atoms with Crippen molar-refractivity contribution in [2.24, 2.45) is 5.41 Å². The molecule has 0 fully saturated rings. The minimum Gasteiger partial charge on any atom is -0.118 e. The van der Waals surface area contributed by atoms with Gasteiger partial charge < -0.3 is 0 Å². The van der Waals surface area contributed by atoms with Crippen molar-refractivity contribution >= 4 is 11.6 Å². The molecule has 0 heterocycles. The van der Waals surface area contributed by atoms with E-state index in [2.05, 4.69) is 32.9 Å². The summed E-state index contributed by atoms with van der Waals surface area (Å²) in [4.78, 5) is 0. The number of allylic oxidation sites excluding steroid dienone is 4. The van der Waals surface area contributed by atoms with Gasteiger partial charge in [-0.05, 0) is 11.8 Å². The Bertz CT molecular complexity index is 193. The lowest BCUT2D eigenvalue weighted by Gasteiger charge is -2.25. The topological polar surface area (TPSA) is 0 Å². The monoisotopic (exact) mass is 170 g/mol. The van der Waals surface area contributed by atoms with Crippen molar-refractivity contribution < 1.29 is 0 Å².